The Morgan fingerprint density at radius 3 is 2.56 bits per heavy atom. The van der Waals surface area contributed by atoms with Crippen molar-refractivity contribution in [2.24, 2.45) is 0 Å². The van der Waals surface area contributed by atoms with Gasteiger partial charge in [0.1, 0.15) is 0 Å². The zero-order valence-corrected chi connectivity index (χ0v) is 11.2. The Bertz CT molecular complexity index is 499. The molecular formula is C14H19N3O. The third-order valence-corrected chi connectivity index (χ3v) is 2.68. The summed E-state index contributed by atoms with van der Waals surface area (Å²) in [6.07, 6.45) is 0.720. The molecule has 96 valence electrons. The predicted octanol–water partition coefficient (Wildman–Crippen LogP) is 2.39. The zero-order valence-electron chi connectivity index (χ0n) is 11.2. The third-order valence-electron chi connectivity index (χ3n) is 2.68. The van der Waals surface area contributed by atoms with E-state index >= 15 is 0 Å². The van der Waals surface area contributed by atoms with Crippen molar-refractivity contribution in [1.82, 2.24) is 15.5 Å². The molecule has 0 unspecified atom stereocenters. The monoisotopic (exact) mass is 245 g/mol. The lowest BCUT2D eigenvalue weighted by Gasteiger charge is -2.01. The average Bonchev–Trinajstić information content (AvgIpc) is 2.72. The predicted molar refractivity (Wildman–Crippen MR) is 70.4 cm³/mol. The second kappa shape index (κ2) is 5.78. The average molecular weight is 245 g/mol. The fourth-order valence-corrected chi connectivity index (χ4v) is 2.02. The van der Waals surface area contributed by atoms with Gasteiger partial charge in [0.05, 0.1) is 6.54 Å². The Labute approximate surface area is 107 Å². The normalized spacial score (nSPS) is 10.8. The van der Waals surface area contributed by atoms with Crippen LogP contribution in [0.1, 0.15) is 35.3 Å². The Balaban J connectivity index is 2.06. The molecule has 1 aromatic heterocycles. The van der Waals surface area contributed by atoms with Gasteiger partial charge in [0.2, 0.25) is 5.89 Å². The van der Waals surface area contributed by atoms with E-state index in [-0.39, 0.29) is 0 Å². The van der Waals surface area contributed by atoms with Crippen molar-refractivity contribution < 1.29 is 4.52 Å². The third kappa shape index (κ3) is 3.40. The number of aromatic nitrogens is 2. The van der Waals surface area contributed by atoms with Crippen molar-refractivity contribution in [3.8, 4) is 0 Å². The highest BCUT2D eigenvalue weighted by atomic mass is 16.5. The number of benzene rings is 1. The highest BCUT2D eigenvalue weighted by Gasteiger charge is 2.07. The summed E-state index contributed by atoms with van der Waals surface area (Å²) in [5, 5.41) is 7.16. The van der Waals surface area contributed by atoms with Crippen LogP contribution in [0.25, 0.3) is 0 Å². The summed E-state index contributed by atoms with van der Waals surface area (Å²) < 4.78 is 5.18. The van der Waals surface area contributed by atoms with Crippen LogP contribution in [0.4, 0.5) is 0 Å². The van der Waals surface area contributed by atoms with Crippen LogP contribution in [0.3, 0.4) is 0 Å². The molecule has 0 saturated carbocycles. The molecule has 0 atom stereocenters. The van der Waals surface area contributed by atoms with Crippen LogP contribution in [0.2, 0.25) is 0 Å². The van der Waals surface area contributed by atoms with Crippen molar-refractivity contribution in [3.63, 3.8) is 0 Å². The minimum absolute atomic E-state index is 0.635. The summed E-state index contributed by atoms with van der Waals surface area (Å²) in [6.45, 7) is 7.78. The van der Waals surface area contributed by atoms with Crippen molar-refractivity contribution in [2.45, 2.75) is 33.7 Å². The summed E-state index contributed by atoms with van der Waals surface area (Å²) in [4.78, 5) is 4.36. The van der Waals surface area contributed by atoms with Crippen LogP contribution in [0.5, 0.6) is 0 Å². The molecule has 4 heteroatoms. The molecule has 0 bridgehead atoms. The number of aryl methyl sites for hydroxylation is 2. The van der Waals surface area contributed by atoms with E-state index in [4.69, 9.17) is 4.52 Å². The molecule has 0 spiro atoms. The standard InChI is InChI=1S/C14H19N3O/c1-4-15-9-14-16-13(17-18-14)8-12-6-10(2)5-11(3)7-12/h5-7,15H,4,8-9H2,1-3H3. The van der Waals surface area contributed by atoms with E-state index in [1.165, 1.54) is 16.7 Å². The Morgan fingerprint density at radius 2 is 1.89 bits per heavy atom. The van der Waals surface area contributed by atoms with Gasteiger partial charge in [-0.05, 0) is 26.0 Å². The molecule has 0 radical (unpaired) electrons. The number of nitrogens with zero attached hydrogens (tertiary/aromatic N) is 2. The first-order valence-corrected chi connectivity index (χ1v) is 6.26. The molecule has 0 aliphatic heterocycles. The molecule has 0 fully saturated rings. The Kier molecular flexibility index (Phi) is 4.10. The van der Waals surface area contributed by atoms with E-state index in [0.29, 0.717) is 12.4 Å². The van der Waals surface area contributed by atoms with Crippen molar-refractivity contribution >= 4 is 0 Å². The molecule has 0 aliphatic rings. The topological polar surface area (TPSA) is 51.0 Å². The molecule has 0 amide bonds. The second-order valence-electron chi connectivity index (χ2n) is 4.56. The van der Waals surface area contributed by atoms with Gasteiger partial charge in [0.25, 0.3) is 0 Å². The van der Waals surface area contributed by atoms with E-state index in [1.807, 2.05) is 6.92 Å². The molecule has 2 rings (SSSR count). The zero-order chi connectivity index (χ0) is 13.0. The maximum Gasteiger partial charge on any atom is 0.240 e. The van der Waals surface area contributed by atoms with Crippen LogP contribution in [0, 0.1) is 13.8 Å². The lowest BCUT2D eigenvalue weighted by molar-refractivity contribution is 0.365. The Morgan fingerprint density at radius 1 is 1.17 bits per heavy atom. The van der Waals surface area contributed by atoms with Crippen LogP contribution in [0.15, 0.2) is 22.7 Å². The molecule has 1 N–H and O–H groups in total. The number of hydrogen-bond donors (Lipinski definition) is 1. The summed E-state index contributed by atoms with van der Waals surface area (Å²) in [7, 11) is 0. The van der Waals surface area contributed by atoms with Crippen molar-refractivity contribution in [3.05, 3.63) is 46.6 Å². The van der Waals surface area contributed by atoms with Crippen LogP contribution in [-0.2, 0) is 13.0 Å². The molecule has 0 saturated heterocycles. The highest BCUT2D eigenvalue weighted by Crippen LogP contribution is 2.12. The lowest BCUT2D eigenvalue weighted by Crippen LogP contribution is -2.11. The van der Waals surface area contributed by atoms with E-state index in [1.54, 1.807) is 0 Å². The molecule has 1 aromatic carbocycles. The van der Waals surface area contributed by atoms with Gasteiger partial charge < -0.3 is 9.84 Å². The highest BCUT2D eigenvalue weighted by molar-refractivity contribution is 5.30. The molecule has 4 nitrogen and oxygen atoms in total. The van der Waals surface area contributed by atoms with Gasteiger partial charge in [-0.1, -0.05) is 41.4 Å². The van der Waals surface area contributed by atoms with E-state index in [0.717, 1.165) is 18.8 Å². The van der Waals surface area contributed by atoms with E-state index in [9.17, 15) is 0 Å². The maximum atomic E-state index is 5.18. The quantitative estimate of drug-likeness (QED) is 0.878. The number of hydrogen-bond acceptors (Lipinski definition) is 4. The first kappa shape index (κ1) is 12.8. The summed E-state index contributed by atoms with van der Waals surface area (Å²) in [5.41, 5.74) is 3.76. The van der Waals surface area contributed by atoms with Gasteiger partial charge >= 0.3 is 0 Å². The van der Waals surface area contributed by atoms with Crippen molar-refractivity contribution in [1.29, 1.82) is 0 Å². The molecule has 2 aromatic rings. The minimum Gasteiger partial charge on any atom is -0.338 e. The van der Waals surface area contributed by atoms with Gasteiger partial charge in [0, 0.05) is 6.42 Å². The molecular weight excluding hydrogens is 226 g/mol. The first-order chi connectivity index (χ1) is 8.67. The molecule has 18 heavy (non-hydrogen) atoms. The Hall–Kier alpha value is -1.68. The van der Waals surface area contributed by atoms with E-state index in [2.05, 4.69) is 47.5 Å². The molecule has 1 heterocycles. The van der Waals surface area contributed by atoms with Crippen LogP contribution in [-0.4, -0.2) is 16.7 Å². The summed E-state index contributed by atoms with van der Waals surface area (Å²) >= 11 is 0. The van der Waals surface area contributed by atoms with Gasteiger partial charge in [0.15, 0.2) is 5.82 Å². The fourth-order valence-electron chi connectivity index (χ4n) is 2.02. The smallest absolute Gasteiger partial charge is 0.240 e. The van der Waals surface area contributed by atoms with Crippen LogP contribution >= 0.6 is 0 Å². The van der Waals surface area contributed by atoms with Crippen LogP contribution < -0.4 is 5.32 Å². The van der Waals surface area contributed by atoms with Gasteiger partial charge in [-0.15, -0.1) is 0 Å². The maximum absolute atomic E-state index is 5.18. The fraction of sp³-hybridized carbons (Fsp3) is 0.429. The number of rotatable bonds is 5. The van der Waals surface area contributed by atoms with Gasteiger partial charge in [-0.3, -0.25) is 0 Å². The second-order valence-corrected chi connectivity index (χ2v) is 4.56. The lowest BCUT2D eigenvalue weighted by atomic mass is 10.1. The van der Waals surface area contributed by atoms with Gasteiger partial charge in [-0.25, -0.2) is 0 Å². The first-order valence-electron chi connectivity index (χ1n) is 6.26. The van der Waals surface area contributed by atoms with Crippen molar-refractivity contribution in [2.75, 3.05) is 6.54 Å². The molecule has 0 aliphatic carbocycles. The minimum atomic E-state index is 0.635. The summed E-state index contributed by atoms with van der Waals surface area (Å²) in [6, 6.07) is 6.48. The summed E-state index contributed by atoms with van der Waals surface area (Å²) in [5.74, 6) is 1.39. The SMILES string of the molecule is CCNCc1nc(Cc2cc(C)cc(C)c2)no1. The van der Waals surface area contributed by atoms with E-state index < -0.39 is 0 Å². The largest absolute Gasteiger partial charge is 0.338 e. The number of nitrogens with one attached hydrogen (secondary N) is 1. The van der Waals surface area contributed by atoms with Gasteiger partial charge in [-0.2, -0.15) is 4.98 Å².